The molecule has 2 aromatic carbocycles. The molecule has 5 rings (SSSR count). The summed E-state index contributed by atoms with van der Waals surface area (Å²) in [6.07, 6.45) is 5.98. The molecule has 0 unspecified atom stereocenters. The van der Waals surface area contributed by atoms with E-state index in [1.807, 2.05) is 48.7 Å². The molecule has 0 saturated carbocycles. The van der Waals surface area contributed by atoms with Crippen LogP contribution in [0.3, 0.4) is 0 Å². The number of hydrogen-bond acceptors (Lipinski definition) is 5. The third kappa shape index (κ3) is 6.13. The molecule has 4 aromatic rings. The molecule has 3 heterocycles. The Morgan fingerprint density at radius 1 is 1.10 bits per heavy atom. The van der Waals surface area contributed by atoms with Crippen molar-refractivity contribution in [3.63, 3.8) is 0 Å². The summed E-state index contributed by atoms with van der Waals surface area (Å²) in [6.45, 7) is 0.235. The van der Waals surface area contributed by atoms with Crippen LogP contribution in [0.25, 0.3) is 10.9 Å². The summed E-state index contributed by atoms with van der Waals surface area (Å²) in [6, 6.07) is 15.1. The van der Waals surface area contributed by atoms with Gasteiger partial charge in [-0.3, -0.25) is 14.4 Å². The van der Waals surface area contributed by atoms with E-state index < -0.39 is 36.0 Å². The van der Waals surface area contributed by atoms with Gasteiger partial charge in [-0.25, -0.2) is 4.79 Å². The van der Waals surface area contributed by atoms with Crippen LogP contribution in [-0.2, 0) is 23.1 Å². The maximum absolute atomic E-state index is 13.9. The molecular weight excluding hydrogens is 554 g/mol. The van der Waals surface area contributed by atoms with Crippen molar-refractivity contribution in [1.29, 1.82) is 0 Å². The molecule has 0 bridgehead atoms. The first-order valence-electron chi connectivity index (χ1n) is 13.5. The number of aromatic amines is 1. The molecule has 3 atom stereocenters. The van der Waals surface area contributed by atoms with Crippen molar-refractivity contribution in [1.82, 2.24) is 25.1 Å². The van der Waals surface area contributed by atoms with Gasteiger partial charge in [-0.1, -0.05) is 24.3 Å². The van der Waals surface area contributed by atoms with Gasteiger partial charge in [-0.15, -0.1) is 11.8 Å². The fourth-order valence-corrected chi connectivity index (χ4v) is 5.82. The Bertz CT molecular complexity index is 1630. The van der Waals surface area contributed by atoms with E-state index in [9.17, 15) is 19.2 Å². The number of nitrogens with one attached hydrogen (secondary N) is 4. The lowest BCUT2D eigenvalue weighted by molar-refractivity contribution is -0.130. The van der Waals surface area contributed by atoms with E-state index >= 15 is 0 Å². The Labute approximate surface area is 247 Å². The van der Waals surface area contributed by atoms with Gasteiger partial charge in [-0.05, 0) is 54.6 Å². The van der Waals surface area contributed by atoms with Gasteiger partial charge in [0.15, 0.2) is 0 Å². The number of hydrogen-bond donors (Lipinski definition) is 5. The summed E-state index contributed by atoms with van der Waals surface area (Å²) in [4.78, 5) is 58.5. The minimum absolute atomic E-state index is 0.161. The summed E-state index contributed by atoms with van der Waals surface area (Å²) in [7, 11) is 1.74. The van der Waals surface area contributed by atoms with E-state index in [0.29, 0.717) is 17.8 Å². The second-order valence-electron chi connectivity index (χ2n) is 10.2. The van der Waals surface area contributed by atoms with Gasteiger partial charge in [0, 0.05) is 53.9 Å². The van der Waals surface area contributed by atoms with Crippen LogP contribution in [-0.4, -0.2) is 69.1 Å². The highest BCUT2D eigenvalue weighted by Gasteiger charge is 2.44. The number of urea groups is 1. The van der Waals surface area contributed by atoms with Crippen LogP contribution < -0.4 is 21.7 Å². The number of carbonyl (C=O) groups excluding carboxylic acids is 4. The normalized spacial score (nSPS) is 17.1. The van der Waals surface area contributed by atoms with Crippen molar-refractivity contribution < 1.29 is 19.2 Å². The van der Waals surface area contributed by atoms with Crippen LogP contribution in [0.4, 0.5) is 10.5 Å². The average Bonchev–Trinajstić information content (AvgIpc) is 3.71. The van der Waals surface area contributed by atoms with Gasteiger partial charge in [0.25, 0.3) is 5.91 Å². The number of carbonyl (C=O) groups is 4. The summed E-state index contributed by atoms with van der Waals surface area (Å²) in [5, 5.41) is 9.37. The maximum atomic E-state index is 13.9. The van der Waals surface area contributed by atoms with Gasteiger partial charge in [0.2, 0.25) is 11.8 Å². The number of likely N-dealkylation sites (tertiary alicyclic amines) is 1. The highest BCUT2D eigenvalue weighted by atomic mass is 32.2. The molecule has 0 spiro atoms. The van der Waals surface area contributed by atoms with E-state index in [-0.39, 0.29) is 18.9 Å². The number of thioether (sulfide) groups is 1. The first kappa shape index (κ1) is 28.8. The molecule has 42 heavy (non-hydrogen) atoms. The van der Waals surface area contributed by atoms with Crippen LogP contribution in [0.2, 0.25) is 0 Å². The van der Waals surface area contributed by atoms with Crippen LogP contribution in [0.5, 0.6) is 0 Å². The molecule has 1 saturated heterocycles. The smallest absolute Gasteiger partial charge is 0.319 e. The minimum atomic E-state index is -1.07. The second-order valence-corrected chi connectivity index (χ2v) is 11.1. The zero-order valence-electron chi connectivity index (χ0n) is 23.3. The highest BCUT2D eigenvalue weighted by Crippen LogP contribution is 2.24. The number of benzene rings is 2. The first-order valence-corrected chi connectivity index (χ1v) is 14.8. The second kappa shape index (κ2) is 12.4. The number of primary amides is 1. The maximum Gasteiger partial charge on any atom is 0.319 e. The monoisotopic (exact) mass is 587 g/mol. The number of aromatic nitrogens is 2. The molecule has 12 heteroatoms. The Morgan fingerprint density at radius 2 is 1.90 bits per heavy atom. The van der Waals surface area contributed by atoms with Crippen LogP contribution in [0.1, 0.15) is 22.5 Å². The van der Waals surface area contributed by atoms with Gasteiger partial charge in [0.1, 0.15) is 17.8 Å². The van der Waals surface area contributed by atoms with Crippen LogP contribution >= 0.6 is 11.8 Å². The van der Waals surface area contributed by atoms with Crippen molar-refractivity contribution in [2.45, 2.75) is 35.9 Å². The highest BCUT2D eigenvalue weighted by molar-refractivity contribution is 7.98. The van der Waals surface area contributed by atoms with Crippen molar-refractivity contribution in [3.8, 4) is 0 Å². The van der Waals surface area contributed by atoms with E-state index in [0.717, 1.165) is 21.4 Å². The predicted octanol–water partition coefficient (Wildman–Crippen LogP) is 2.85. The molecule has 2 aromatic heterocycles. The number of fused-ring (bicyclic) bond motifs is 1. The summed E-state index contributed by atoms with van der Waals surface area (Å²) < 4.78 is 1.67. The molecule has 5 amide bonds. The van der Waals surface area contributed by atoms with Crippen molar-refractivity contribution in [2.24, 2.45) is 12.8 Å². The fourth-order valence-electron chi connectivity index (χ4n) is 5.36. The molecule has 1 aliphatic rings. The number of nitrogens with zero attached hydrogens (tertiary/aromatic N) is 2. The lowest BCUT2D eigenvalue weighted by atomic mass is 10.0. The molecule has 218 valence electrons. The van der Waals surface area contributed by atoms with Crippen molar-refractivity contribution in [2.75, 3.05) is 18.1 Å². The van der Waals surface area contributed by atoms with Crippen molar-refractivity contribution >= 4 is 52.1 Å². The van der Waals surface area contributed by atoms with Gasteiger partial charge < -0.3 is 36.1 Å². The predicted molar refractivity (Wildman–Crippen MR) is 162 cm³/mol. The minimum Gasteiger partial charge on any atom is -0.368 e. The SMILES string of the molecule is CSc1cccc(NC(=O)N[C@H]2CCN(C(=O)c3cccn3C)[C@@H]2C(=O)N[C@H](Cc2c[nH]c3ccccc23)C(N)=O)c1. The quantitative estimate of drug-likeness (QED) is 0.191. The first-order chi connectivity index (χ1) is 20.2. The van der Waals surface area contributed by atoms with Gasteiger partial charge >= 0.3 is 6.03 Å². The zero-order valence-corrected chi connectivity index (χ0v) is 24.1. The Hall–Kier alpha value is -4.71. The summed E-state index contributed by atoms with van der Waals surface area (Å²) >= 11 is 1.55. The lowest BCUT2D eigenvalue weighted by Crippen LogP contribution is -2.58. The van der Waals surface area contributed by atoms with Crippen LogP contribution in [0, 0.1) is 0 Å². The van der Waals surface area contributed by atoms with Gasteiger partial charge in [0.05, 0.1) is 6.04 Å². The Balaban J connectivity index is 1.37. The van der Waals surface area contributed by atoms with E-state index in [1.54, 1.807) is 54.0 Å². The molecule has 1 aliphatic heterocycles. The number of nitrogens with two attached hydrogens (primary N) is 1. The number of anilines is 1. The summed E-state index contributed by atoms with van der Waals surface area (Å²) in [5.41, 5.74) is 8.45. The standard InChI is InChI=1S/C30H33N7O4S/c1-36-13-6-11-25(36)29(40)37-14-12-23(35-30(41)33-19-7-5-8-20(16-19)42-2)26(37)28(39)34-24(27(31)38)15-18-17-32-22-10-4-3-9-21(18)22/h3-11,13,16-17,23-24,26,32H,12,14-15H2,1-2H3,(H2,31,38)(H,34,39)(H2,33,35,41)/t23-,24+,26-/m0/s1. The van der Waals surface area contributed by atoms with E-state index in [2.05, 4.69) is 20.9 Å². The summed E-state index contributed by atoms with van der Waals surface area (Å²) in [5.74, 6) is -1.64. The Morgan fingerprint density at radius 3 is 2.64 bits per heavy atom. The molecule has 11 nitrogen and oxygen atoms in total. The largest absolute Gasteiger partial charge is 0.368 e. The van der Waals surface area contributed by atoms with Crippen LogP contribution in [0.15, 0.2) is 78.0 Å². The lowest BCUT2D eigenvalue weighted by Gasteiger charge is -2.29. The number of H-pyrrole nitrogens is 1. The topological polar surface area (TPSA) is 154 Å². The molecule has 0 radical (unpaired) electrons. The third-order valence-corrected chi connectivity index (χ3v) is 8.22. The molecule has 6 N–H and O–H groups in total. The third-order valence-electron chi connectivity index (χ3n) is 7.49. The fraction of sp³-hybridized carbons (Fsp3) is 0.267. The number of amides is 5. The molecular formula is C30H33N7O4S. The van der Waals surface area contributed by atoms with E-state index in [4.69, 9.17) is 5.73 Å². The zero-order chi connectivity index (χ0) is 29.8. The molecule has 0 aliphatic carbocycles. The van der Waals surface area contributed by atoms with Gasteiger partial charge in [-0.2, -0.15) is 0 Å². The van der Waals surface area contributed by atoms with Crippen molar-refractivity contribution in [3.05, 3.63) is 84.3 Å². The number of rotatable bonds is 9. The number of para-hydroxylation sites is 1. The van der Waals surface area contributed by atoms with E-state index in [1.165, 1.54) is 4.90 Å². The Kier molecular flexibility index (Phi) is 8.53. The average molecular weight is 588 g/mol. The number of aryl methyl sites for hydroxylation is 1. The molecule has 1 fully saturated rings.